The number of hydrogen-bond acceptors (Lipinski definition) is 6. The summed E-state index contributed by atoms with van der Waals surface area (Å²) in [5.74, 6) is 0.435. The van der Waals surface area contributed by atoms with Crippen molar-refractivity contribution in [2.75, 3.05) is 11.1 Å². The van der Waals surface area contributed by atoms with E-state index in [0.29, 0.717) is 27.3 Å². The first-order valence-electron chi connectivity index (χ1n) is 7.78. The van der Waals surface area contributed by atoms with Crippen LogP contribution in [0.3, 0.4) is 0 Å². The van der Waals surface area contributed by atoms with Crippen LogP contribution < -0.4 is 5.32 Å². The van der Waals surface area contributed by atoms with Crippen LogP contribution in [0.25, 0.3) is 11.4 Å². The summed E-state index contributed by atoms with van der Waals surface area (Å²) in [6.07, 6.45) is 0. The average molecular weight is 404 g/mol. The van der Waals surface area contributed by atoms with Gasteiger partial charge in [-0.15, -0.1) is 5.10 Å². The number of hydrogen-bond donors (Lipinski definition) is 2. The summed E-state index contributed by atoms with van der Waals surface area (Å²) < 4.78 is 0. The fourth-order valence-electron chi connectivity index (χ4n) is 2.27. The van der Waals surface area contributed by atoms with Crippen molar-refractivity contribution in [3.63, 3.8) is 0 Å². The van der Waals surface area contributed by atoms with Gasteiger partial charge in [-0.05, 0) is 42.8 Å². The number of halogens is 1. The van der Waals surface area contributed by atoms with Crippen molar-refractivity contribution >= 4 is 40.6 Å². The Labute approximate surface area is 163 Å². The van der Waals surface area contributed by atoms with Gasteiger partial charge >= 0.3 is 0 Å². The summed E-state index contributed by atoms with van der Waals surface area (Å²) in [4.78, 5) is 26.7. The minimum atomic E-state index is -0.476. The Hall–Kier alpha value is -2.91. The van der Waals surface area contributed by atoms with E-state index >= 15 is 0 Å². The molecule has 0 spiro atoms. The smallest absolute Gasteiger partial charge is 0.269 e. The van der Waals surface area contributed by atoms with Crippen molar-refractivity contribution < 1.29 is 9.72 Å². The maximum absolute atomic E-state index is 12.1. The fraction of sp³-hybridized carbons (Fsp3) is 0.118. The van der Waals surface area contributed by atoms with Crippen LogP contribution in [-0.4, -0.2) is 31.8 Å². The predicted octanol–water partition coefficient (Wildman–Crippen LogP) is 4.07. The lowest BCUT2D eigenvalue weighted by Crippen LogP contribution is -2.15. The lowest BCUT2D eigenvalue weighted by atomic mass is 10.2. The maximum Gasteiger partial charge on any atom is 0.269 e. The summed E-state index contributed by atoms with van der Waals surface area (Å²) in [6.45, 7) is 1.70. The molecule has 0 aliphatic heterocycles. The normalized spacial score (nSPS) is 10.6. The molecule has 0 aliphatic rings. The summed E-state index contributed by atoms with van der Waals surface area (Å²) in [5.41, 5.74) is 1.97. The van der Waals surface area contributed by atoms with Gasteiger partial charge in [-0.25, -0.2) is 4.98 Å². The number of nitro groups is 1. The number of carbonyl (C=O) groups excluding carboxylic acids is 1. The van der Waals surface area contributed by atoms with Crippen LogP contribution in [0.15, 0.2) is 47.6 Å². The van der Waals surface area contributed by atoms with Crippen LogP contribution in [0.2, 0.25) is 5.02 Å². The average Bonchev–Trinajstić information content (AvgIpc) is 3.11. The van der Waals surface area contributed by atoms with Gasteiger partial charge in [-0.1, -0.05) is 23.4 Å². The Balaban J connectivity index is 1.58. The third-order valence-electron chi connectivity index (χ3n) is 3.61. The van der Waals surface area contributed by atoms with E-state index in [4.69, 9.17) is 11.6 Å². The second-order valence-corrected chi connectivity index (χ2v) is 6.95. The molecule has 0 radical (unpaired) electrons. The molecule has 0 fully saturated rings. The minimum absolute atomic E-state index is 0.0182. The highest BCUT2D eigenvalue weighted by molar-refractivity contribution is 7.99. The van der Waals surface area contributed by atoms with Crippen LogP contribution in [0.4, 0.5) is 11.4 Å². The van der Waals surface area contributed by atoms with Gasteiger partial charge in [0.2, 0.25) is 11.1 Å². The van der Waals surface area contributed by atoms with Crippen LogP contribution in [-0.2, 0) is 4.79 Å². The Kier molecular flexibility index (Phi) is 5.72. The number of rotatable bonds is 6. The number of H-pyrrole nitrogens is 1. The van der Waals surface area contributed by atoms with Crippen molar-refractivity contribution in [3.8, 4) is 11.4 Å². The molecule has 0 saturated carbocycles. The lowest BCUT2D eigenvalue weighted by Gasteiger charge is -2.07. The predicted molar refractivity (Wildman–Crippen MR) is 104 cm³/mol. The molecule has 0 unspecified atom stereocenters. The topological polar surface area (TPSA) is 114 Å². The van der Waals surface area contributed by atoms with Crippen molar-refractivity contribution in [1.29, 1.82) is 0 Å². The summed E-state index contributed by atoms with van der Waals surface area (Å²) >= 11 is 7.04. The molecule has 27 heavy (non-hydrogen) atoms. The van der Waals surface area contributed by atoms with E-state index < -0.39 is 4.92 Å². The molecule has 3 aromatic rings. The number of amides is 1. The van der Waals surface area contributed by atoms with Crippen molar-refractivity contribution in [2.45, 2.75) is 12.1 Å². The van der Waals surface area contributed by atoms with Gasteiger partial charge in [0.05, 0.1) is 10.7 Å². The number of benzene rings is 2. The zero-order valence-corrected chi connectivity index (χ0v) is 15.7. The number of anilines is 1. The SMILES string of the molecule is Cc1cc([N+](=O)[O-])ccc1NC(=O)CSc1n[nH]c(-c2ccc(Cl)cc2)n1. The molecule has 10 heteroatoms. The highest BCUT2D eigenvalue weighted by Crippen LogP contribution is 2.23. The molecular formula is C17H14ClN5O3S. The molecule has 1 amide bonds. The number of nitrogens with one attached hydrogen (secondary N) is 2. The second kappa shape index (κ2) is 8.19. The van der Waals surface area contributed by atoms with Gasteiger partial charge in [-0.3, -0.25) is 20.0 Å². The summed E-state index contributed by atoms with van der Waals surface area (Å²) in [5, 5.41) is 21.5. The first kappa shape index (κ1) is 18.9. The van der Waals surface area contributed by atoms with Crippen LogP contribution in [0.5, 0.6) is 0 Å². The van der Waals surface area contributed by atoms with E-state index in [-0.39, 0.29) is 17.3 Å². The monoisotopic (exact) mass is 403 g/mol. The summed E-state index contributed by atoms with van der Waals surface area (Å²) in [6, 6.07) is 11.4. The van der Waals surface area contributed by atoms with E-state index in [1.807, 2.05) is 12.1 Å². The standard InChI is InChI=1S/C17H14ClN5O3S/c1-10-8-13(23(25)26)6-7-14(10)19-15(24)9-27-17-20-16(21-22-17)11-2-4-12(18)5-3-11/h2-8H,9H2,1H3,(H,19,24)(H,20,21,22). The number of carbonyl (C=O) groups is 1. The third kappa shape index (κ3) is 4.83. The number of aromatic nitrogens is 3. The molecule has 2 N–H and O–H groups in total. The molecule has 0 saturated heterocycles. The number of aryl methyl sites for hydroxylation is 1. The first-order chi connectivity index (χ1) is 12.9. The van der Waals surface area contributed by atoms with E-state index in [1.54, 1.807) is 19.1 Å². The quantitative estimate of drug-likeness (QED) is 0.364. The third-order valence-corrected chi connectivity index (χ3v) is 4.71. The fourth-order valence-corrected chi connectivity index (χ4v) is 2.99. The molecular weight excluding hydrogens is 390 g/mol. The van der Waals surface area contributed by atoms with Crippen molar-refractivity contribution in [2.24, 2.45) is 0 Å². The van der Waals surface area contributed by atoms with E-state index in [1.165, 1.54) is 30.0 Å². The van der Waals surface area contributed by atoms with Crippen LogP contribution in [0, 0.1) is 17.0 Å². The number of thioether (sulfide) groups is 1. The van der Waals surface area contributed by atoms with Crippen molar-refractivity contribution in [3.05, 3.63) is 63.2 Å². The first-order valence-corrected chi connectivity index (χ1v) is 9.15. The Morgan fingerprint density at radius 1 is 1.30 bits per heavy atom. The summed E-state index contributed by atoms with van der Waals surface area (Å²) in [7, 11) is 0. The Morgan fingerprint density at radius 2 is 2.04 bits per heavy atom. The Morgan fingerprint density at radius 3 is 2.70 bits per heavy atom. The van der Waals surface area contributed by atoms with Gasteiger partial charge in [0, 0.05) is 28.4 Å². The molecule has 2 aromatic carbocycles. The van der Waals surface area contributed by atoms with Crippen LogP contribution in [0.1, 0.15) is 5.56 Å². The zero-order chi connectivity index (χ0) is 19.4. The molecule has 0 aliphatic carbocycles. The lowest BCUT2D eigenvalue weighted by molar-refractivity contribution is -0.384. The van der Waals surface area contributed by atoms with Gasteiger partial charge < -0.3 is 5.32 Å². The molecule has 8 nitrogen and oxygen atoms in total. The number of non-ortho nitro benzene ring substituents is 1. The highest BCUT2D eigenvalue weighted by atomic mass is 35.5. The van der Waals surface area contributed by atoms with Gasteiger partial charge in [0.15, 0.2) is 5.82 Å². The van der Waals surface area contributed by atoms with E-state index in [2.05, 4.69) is 20.5 Å². The van der Waals surface area contributed by atoms with Crippen molar-refractivity contribution in [1.82, 2.24) is 15.2 Å². The molecule has 1 aromatic heterocycles. The highest BCUT2D eigenvalue weighted by Gasteiger charge is 2.12. The van der Waals surface area contributed by atoms with Gasteiger partial charge in [0.1, 0.15) is 0 Å². The van der Waals surface area contributed by atoms with Crippen LogP contribution >= 0.6 is 23.4 Å². The van der Waals surface area contributed by atoms with E-state index in [9.17, 15) is 14.9 Å². The molecule has 1 heterocycles. The molecule has 0 atom stereocenters. The second-order valence-electron chi connectivity index (χ2n) is 5.57. The zero-order valence-electron chi connectivity index (χ0n) is 14.1. The van der Waals surface area contributed by atoms with Gasteiger partial charge in [-0.2, -0.15) is 0 Å². The molecule has 3 rings (SSSR count). The molecule has 138 valence electrons. The number of nitro benzene ring substituents is 1. The number of aromatic amines is 1. The maximum atomic E-state index is 12.1. The Bertz CT molecular complexity index is 990. The number of nitrogens with zero attached hydrogens (tertiary/aromatic N) is 3. The largest absolute Gasteiger partial charge is 0.325 e. The van der Waals surface area contributed by atoms with Gasteiger partial charge in [0.25, 0.3) is 5.69 Å². The molecule has 0 bridgehead atoms. The minimum Gasteiger partial charge on any atom is -0.325 e. The van der Waals surface area contributed by atoms with E-state index in [0.717, 1.165) is 5.56 Å².